The molecule has 0 saturated heterocycles. The third kappa shape index (κ3) is 4.48. The highest BCUT2D eigenvalue weighted by Crippen LogP contribution is 2.23. The molecule has 112 valence electrons. The minimum absolute atomic E-state index is 0.0916. The monoisotopic (exact) mass is 401 g/mol. The summed E-state index contributed by atoms with van der Waals surface area (Å²) in [6.07, 6.45) is 1.28. The molecule has 0 amide bonds. The van der Waals surface area contributed by atoms with Gasteiger partial charge in [-0.05, 0) is 71.8 Å². The van der Waals surface area contributed by atoms with Crippen LogP contribution in [0.3, 0.4) is 0 Å². The molecule has 0 aromatic heterocycles. The van der Waals surface area contributed by atoms with Crippen molar-refractivity contribution in [1.82, 2.24) is 5.32 Å². The zero-order valence-electron chi connectivity index (χ0n) is 11.9. The Morgan fingerprint density at radius 3 is 2.38 bits per heavy atom. The van der Waals surface area contributed by atoms with Crippen LogP contribution in [-0.4, -0.2) is 6.54 Å². The standard InChI is InChI=1S/C17H18F2IN/c1-2-9-21-17(12-5-3-6-13(20)10-12)11-14-15(18)7-4-8-16(14)19/h3-8,10,17,21H,2,9,11H2,1H3. The van der Waals surface area contributed by atoms with E-state index >= 15 is 0 Å². The Morgan fingerprint density at radius 1 is 1.10 bits per heavy atom. The Kier molecular flexibility index (Phi) is 6.11. The number of hydrogen-bond acceptors (Lipinski definition) is 1. The average molecular weight is 401 g/mol. The van der Waals surface area contributed by atoms with Gasteiger partial charge in [0.1, 0.15) is 11.6 Å². The Balaban J connectivity index is 2.28. The van der Waals surface area contributed by atoms with Crippen molar-refractivity contribution in [3.05, 3.63) is 68.8 Å². The van der Waals surface area contributed by atoms with Crippen molar-refractivity contribution >= 4 is 22.6 Å². The first-order valence-corrected chi connectivity index (χ1v) is 8.11. The summed E-state index contributed by atoms with van der Waals surface area (Å²) < 4.78 is 28.8. The lowest BCUT2D eigenvalue weighted by Gasteiger charge is -2.20. The number of halogens is 3. The summed E-state index contributed by atoms with van der Waals surface area (Å²) in [6, 6.07) is 11.9. The van der Waals surface area contributed by atoms with Crippen LogP contribution in [-0.2, 0) is 6.42 Å². The molecule has 0 aliphatic heterocycles. The van der Waals surface area contributed by atoms with Crippen molar-refractivity contribution in [2.45, 2.75) is 25.8 Å². The van der Waals surface area contributed by atoms with Gasteiger partial charge in [0.2, 0.25) is 0 Å². The van der Waals surface area contributed by atoms with Gasteiger partial charge in [-0.1, -0.05) is 25.1 Å². The van der Waals surface area contributed by atoms with Crippen molar-refractivity contribution in [2.24, 2.45) is 0 Å². The SMILES string of the molecule is CCCNC(Cc1c(F)cccc1F)c1cccc(I)c1. The zero-order chi connectivity index (χ0) is 15.2. The zero-order valence-corrected chi connectivity index (χ0v) is 14.0. The van der Waals surface area contributed by atoms with Crippen LogP contribution in [0, 0.1) is 15.2 Å². The molecule has 0 aliphatic carbocycles. The molecule has 2 rings (SSSR count). The molecule has 21 heavy (non-hydrogen) atoms. The van der Waals surface area contributed by atoms with Gasteiger partial charge < -0.3 is 5.32 Å². The summed E-state index contributed by atoms with van der Waals surface area (Å²) in [5, 5.41) is 3.38. The maximum atomic E-state index is 13.9. The Labute approximate surface area is 137 Å². The van der Waals surface area contributed by atoms with Gasteiger partial charge >= 0.3 is 0 Å². The summed E-state index contributed by atoms with van der Waals surface area (Å²) in [5.74, 6) is -0.965. The molecular weight excluding hydrogens is 383 g/mol. The smallest absolute Gasteiger partial charge is 0.129 e. The van der Waals surface area contributed by atoms with Crippen molar-refractivity contribution < 1.29 is 8.78 Å². The van der Waals surface area contributed by atoms with Crippen LogP contribution in [0.2, 0.25) is 0 Å². The Hall–Kier alpha value is -1.01. The molecule has 0 radical (unpaired) electrons. The maximum absolute atomic E-state index is 13.9. The largest absolute Gasteiger partial charge is 0.310 e. The van der Waals surface area contributed by atoms with E-state index in [0.717, 1.165) is 22.1 Å². The van der Waals surface area contributed by atoms with E-state index in [1.807, 2.05) is 24.3 Å². The summed E-state index contributed by atoms with van der Waals surface area (Å²) in [6.45, 7) is 2.88. The Morgan fingerprint density at radius 2 is 1.76 bits per heavy atom. The van der Waals surface area contributed by atoms with Crippen LogP contribution in [0.15, 0.2) is 42.5 Å². The molecule has 0 saturated carbocycles. The number of rotatable bonds is 6. The third-order valence-electron chi connectivity index (χ3n) is 3.36. The van der Waals surface area contributed by atoms with Gasteiger partial charge in [0.15, 0.2) is 0 Å². The van der Waals surface area contributed by atoms with Crippen LogP contribution in [0.5, 0.6) is 0 Å². The maximum Gasteiger partial charge on any atom is 0.129 e. The van der Waals surface area contributed by atoms with E-state index in [1.54, 1.807) is 0 Å². The van der Waals surface area contributed by atoms with E-state index < -0.39 is 11.6 Å². The van der Waals surface area contributed by atoms with E-state index in [2.05, 4.69) is 34.8 Å². The van der Waals surface area contributed by atoms with E-state index in [9.17, 15) is 8.78 Å². The van der Waals surface area contributed by atoms with Crippen LogP contribution >= 0.6 is 22.6 Å². The predicted octanol–water partition coefficient (Wildman–Crippen LogP) is 4.85. The molecule has 1 atom stereocenters. The molecule has 0 fully saturated rings. The minimum Gasteiger partial charge on any atom is -0.310 e. The molecular formula is C17H18F2IN. The van der Waals surface area contributed by atoms with Crippen molar-refractivity contribution in [3.8, 4) is 0 Å². The lowest BCUT2D eigenvalue weighted by atomic mass is 9.98. The van der Waals surface area contributed by atoms with E-state index in [1.165, 1.54) is 18.2 Å². The van der Waals surface area contributed by atoms with Gasteiger partial charge in [-0.3, -0.25) is 0 Å². The van der Waals surface area contributed by atoms with Gasteiger partial charge in [-0.25, -0.2) is 8.78 Å². The van der Waals surface area contributed by atoms with Gasteiger partial charge in [0.25, 0.3) is 0 Å². The second kappa shape index (κ2) is 7.84. The van der Waals surface area contributed by atoms with E-state index in [0.29, 0.717) is 6.42 Å². The van der Waals surface area contributed by atoms with Crippen molar-refractivity contribution in [1.29, 1.82) is 0 Å². The average Bonchev–Trinajstić information content (AvgIpc) is 2.46. The summed E-state index contributed by atoms with van der Waals surface area (Å²) in [7, 11) is 0. The van der Waals surface area contributed by atoms with E-state index in [-0.39, 0.29) is 11.6 Å². The molecule has 0 bridgehead atoms. The van der Waals surface area contributed by atoms with E-state index in [4.69, 9.17) is 0 Å². The highest BCUT2D eigenvalue weighted by atomic mass is 127. The van der Waals surface area contributed by atoms with Crippen LogP contribution in [0.25, 0.3) is 0 Å². The highest BCUT2D eigenvalue weighted by Gasteiger charge is 2.17. The van der Waals surface area contributed by atoms with Crippen LogP contribution in [0.4, 0.5) is 8.78 Å². The Bertz CT molecular complexity index is 581. The highest BCUT2D eigenvalue weighted by molar-refractivity contribution is 14.1. The van der Waals surface area contributed by atoms with Crippen molar-refractivity contribution in [2.75, 3.05) is 6.54 Å². The quantitative estimate of drug-likeness (QED) is 0.683. The molecule has 2 aromatic carbocycles. The number of nitrogens with one attached hydrogen (secondary N) is 1. The first kappa shape index (κ1) is 16.4. The van der Waals surface area contributed by atoms with Crippen molar-refractivity contribution in [3.63, 3.8) is 0 Å². The predicted molar refractivity (Wildman–Crippen MR) is 90.3 cm³/mol. The molecule has 0 spiro atoms. The number of hydrogen-bond donors (Lipinski definition) is 1. The molecule has 1 unspecified atom stereocenters. The summed E-state index contributed by atoms with van der Waals surface area (Å²) in [5.41, 5.74) is 1.20. The van der Waals surface area contributed by atoms with Gasteiger partial charge in [-0.2, -0.15) is 0 Å². The third-order valence-corrected chi connectivity index (χ3v) is 4.03. The first-order chi connectivity index (χ1) is 10.1. The second-order valence-electron chi connectivity index (χ2n) is 4.97. The topological polar surface area (TPSA) is 12.0 Å². The minimum atomic E-state index is -0.482. The van der Waals surface area contributed by atoms with Crippen LogP contribution in [0.1, 0.15) is 30.5 Å². The summed E-state index contributed by atoms with van der Waals surface area (Å²) >= 11 is 2.24. The fourth-order valence-electron chi connectivity index (χ4n) is 2.28. The fraction of sp³-hybridized carbons (Fsp3) is 0.294. The van der Waals surface area contributed by atoms with Gasteiger partial charge in [-0.15, -0.1) is 0 Å². The molecule has 1 nitrogen and oxygen atoms in total. The summed E-state index contributed by atoms with van der Waals surface area (Å²) in [4.78, 5) is 0. The molecule has 0 aliphatic rings. The van der Waals surface area contributed by atoms with Crippen LogP contribution < -0.4 is 5.32 Å². The molecule has 1 N–H and O–H groups in total. The molecule has 4 heteroatoms. The number of benzene rings is 2. The fourth-order valence-corrected chi connectivity index (χ4v) is 2.85. The molecule has 0 heterocycles. The van der Waals surface area contributed by atoms with Gasteiger partial charge in [0, 0.05) is 15.2 Å². The lowest BCUT2D eigenvalue weighted by molar-refractivity contribution is 0.490. The lowest BCUT2D eigenvalue weighted by Crippen LogP contribution is -2.25. The molecule has 2 aromatic rings. The second-order valence-corrected chi connectivity index (χ2v) is 6.21. The van der Waals surface area contributed by atoms with Gasteiger partial charge in [0.05, 0.1) is 0 Å². The normalized spacial score (nSPS) is 12.4. The first-order valence-electron chi connectivity index (χ1n) is 7.03.